The highest BCUT2D eigenvalue weighted by Crippen LogP contribution is 2.17. The molecule has 0 saturated carbocycles. The summed E-state index contributed by atoms with van der Waals surface area (Å²) in [5, 5.41) is 0. The Morgan fingerprint density at radius 3 is 2.33 bits per heavy atom. The van der Waals surface area contributed by atoms with Crippen LogP contribution in [-0.4, -0.2) is 19.8 Å². The minimum absolute atomic E-state index is 0.157. The molecule has 0 saturated heterocycles. The first kappa shape index (κ1) is 6.35. The standard InChI is InChI=1S/C5H7NO2S/c1-5-3-4-6(2)9(5,7)8/h3-4H,1H2,2H3. The van der Waals surface area contributed by atoms with Crippen molar-refractivity contribution in [2.75, 3.05) is 7.05 Å². The predicted octanol–water partition coefficient (Wildman–Crippen LogP) is 0.289. The zero-order valence-electron chi connectivity index (χ0n) is 5.03. The van der Waals surface area contributed by atoms with Gasteiger partial charge in [0.05, 0.1) is 4.91 Å². The second kappa shape index (κ2) is 1.60. The molecular weight excluding hydrogens is 138 g/mol. The van der Waals surface area contributed by atoms with Crippen molar-refractivity contribution in [3.8, 4) is 0 Å². The van der Waals surface area contributed by atoms with Crippen LogP contribution in [0.1, 0.15) is 0 Å². The van der Waals surface area contributed by atoms with Crippen LogP contribution in [0, 0.1) is 0 Å². The van der Waals surface area contributed by atoms with E-state index in [0.29, 0.717) is 0 Å². The second-order valence-corrected chi connectivity index (χ2v) is 3.85. The molecule has 3 nitrogen and oxygen atoms in total. The summed E-state index contributed by atoms with van der Waals surface area (Å²) in [6.07, 6.45) is 2.94. The molecule has 9 heavy (non-hydrogen) atoms. The number of hydrogen-bond acceptors (Lipinski definition) is 2. The van der Waals surface area contributed by atoms with Gasteiger partial charge in [-0.15, -0.1) is 0 Å². The van der Waals surface area contributed by atoms with Gasteiger partial charge < -0.3 is 0 Å². The van der Waals surface area contributed by atoms with Crippen molar-refractivity contribution in [2.45, 2.75) is 0 Å². The van der Waals surface area contributed by atoms with Gasteiger partial charge in [0.2, 0.25) is 0 Å². The lowest BCUT2D eigenvalue weighted by Crippen LogP contribution is -2.16. The van der Waals surface area contributed by atoms with E-state index in [1.165, 1.54) is 19.3 Å². The topological polar surface area (TPSA) is 37.4 Å². The van der Waals surface area contributed by atoms with E-state index in [9.17, 15) is 8.42 Å². The molecule has 0 amide bonds. The van der Waals surface area contributed by atoms with Gasteiger partial charge >= 0.3 is 0 Å². The van der Waals surface area contributed by atoms with Gasteiger partial charge in [-0.1, -0.05) is 6.58 Å². The van der Waals surface area contributed by atoms with Crippen LogP contribution in [0.25, 0.3) is 0 Å². The van der Waals surface area contributed by atoms with E-state index in [1.807, 2.05) is 0 Å². The van der Waals surface area contributed by atoms with Crippen LogP contribution in [0.3, 0.4) is 0 Å². The summed E-state index contributed by atoms with van der Waals surface area (Å²) < 4.78 is 22.8. The van der Waals surface area contributed by atoms with E-state index < -0.39 is 10.0 Å². The van der Waals surface area contributed by atoms with E-state index in [2.05, 4.69) is 6.58 Å². The van der Waals surface area contributed by atoms with Crippen LogP contribution in [0.2, 0.25) is 0 Å². The maximum Gasteiger partial charge on any atom is 0.263 e. The normalized spacial score (nSPS) is 23.2. The molecule has 0 bridgehead atoms. The Bertz CT molecular complexity index is 263. The lowest BCUT2D eigenvalue weighted by Gasteiger charge is -2.05. The highest BCUT2D eigenvalue weighted by Gasteiger charge is 2.21. The number of hydrogen-bond donors (Lipinski definition) is 0. The monoisotopic (exact) mass is 145 g/mol. The van der Waals surface area contributed by atoms with Gasteiger partial charge in [-0.3, -0.25) is 4.31 Å². The Morgan fingerprint density at radius 2 is 2.22 bits per heavy atom. The molecule has 0 aromatic heterocycles. The minimum atomic E-state index is -3.18. The molecule has 1 aliphatic rings. The molecular formula is C5H7NO2S. The summed E-state index contributed by atoms with van der Waals surface area (Å²) in [4.78, 5) is 0.157. The predicted molar refractivity (Wildman–Crippen MR) is 35.0 cm³/mol. The van der Waals surface area contributed by atoms with Crippen LogP contribution in [0.4, 0.5) is 0 Å². The SMILES string of the molecule is C=C1C=CN(C)S1(=O)=O. The number of allylic oxidation sites excluding steroid dienone is 1. The van der Waals surface area contributed by atoms with Crippen molar-refractivity contribution in [1.82, 2.24) is 4.31 Å². The van der Waals surface area contributed by atoms with E-state index in [1.54, 1.807) is 0 Å². The van der Waals surface area contributed by atoms with Gasteiger partial charge in [0.15, 0.2) is 0 Å². The average Bonchev–Trinajstić information content (AvgIpc) is 1.96. The molecule has 0 spiro atoms. The minimum Gasteiger partial charge on any atom is -0.276 e. The fourth-order valence-corrected chi connectivity index (χ4v) is 1.36. The van der Waals surface area contributed by atoms with Crippen molar-refractivity contribution in [3.63, 3.8) is 0 Å². The maximum atomic E-state index is 10.9. The number of rotatable bonds is 0. The summed E-state index contributed by atoms with van der Waals surface area (Å²) in [6, 6.07) is 0. The summed E-state index contributed by atoms with van der Waals surface area (Å²) in [5.41, 5.74) is 0. The van der Waals surface area contributed by atoms with Crippen molar-refractivity contribution in [1.29, 1.82) is 0 Å². The highest BCUT2D eigenvalue weighted by molar-refractivity contribution is 7.93. The van der Waals surface area contributed by atoms with E-state index in [4.69, 9.17) is 0 Å². The summed E-state index contributed by atoms with van der Waals surface area (Å²) in [5.74, 6) is 0. The average molecular weight is 145 g/mol. The van der Waals surface area contributed by atoms with Crippen molar-refractivity contribution >= 4 is 10.0 Å². The van der Waals surface area contributed by atoms with Crippen LogP contribution in [-0.2, 0) is 10.0 Å². The molecule has 1 rings (SSSR count). The zero-order chi connectivity index (χ0) is 7.07. The Balaban J connectivity index is 3.19. The molecule has 0 aromatic rings. The number of nitrogens with zero attached hydrogens (tertiary/aromatic N) is 1. The highest BCUT2D eigenvalue weighted by atomic mass is 32.2. The second-order valence-electron chi connectivity index (χ2n) is 1.80. The fourth-order valence-electron chi connectivity index (χ4n) is 0.539. The first-order valence-corrected chi connectivity index (χ1v) is 3.84. The van der Waals surface area contributed by atoms with E-state index >= 15 is 0 Å². The summed E-state index contributed by atoms with van der Waals surface area (Å²) >= 11 is 0. The molecule has 1 heterocycles. The van der Waals surface area contributed by atoms with Gasteiger partial charge in [-0.25, -0.2) is 8.42 Å². The molecule has 0 aromatic carbocycles. The van der Waals surface area contributed by atoms with E-state index in [-0.39, 0.29) is 4.91 Å². The molecule has 0 radical (unpaired) electrons. The molecule has 0 aliphatic carbocycles. The van der Waals surface area contributed by atoms with E-state index in [0.717, 1.165) is 4.31 Å². The molecule has 0 N–H and O–H groups in total. The smallest absolute Gasteiger partial charge is 0.263 e. The van der Waals surface area contributed by atoms with Crippen LogP contribution < -0.4 is 0 Å². The molecule has 0 unspecified atom stereocenters. The van der Waals surface area contributed by atoms with Gasteiger partial charge in [0.1, 0.15) is 0 Å². The Labute approximate surface area is 54.3 Å². The lowest BCUT2D eigenvalue weighted by atomic mass is 10.6. The summed E-state index contributed by atoms with van der Waals surface area (Å²) in [6.45, 7) is 3.34. The van der Waals surface area contributed by atoms with Gasteiger partial charge in [-0.2, -0.15) is 0 Å². The van der Waals surface area contributed by atoms with Gasteiger partial charge in [0.25, 0.3) is 10.0 Å². The van der Waals surface area contributed by atoms with Crippen LogP contribution in [0.5, 0.6) is 0 Å². The third kappa shape index (κ3) is 0.751. The third-order valence-corrected chi connectivity index (χ3v) is 2.86. The largest absolute Gasteiger partial charge is 0.276 e. The quantitative estimate of drug-likeness (QED) is 0.491. The van der Waals surface area contributed by atoms with Gasteiger partial charge in [-0.05, 0) is 6.08 Å². The lowest BCUT2D eigenvalue weighted by molar-refractivity contribution is 0.553. The summed E-state index contributed by atoms with van der Waals surface area (Å²) in [7, 11) is -1.70. The molecule has 4 heteroatoms. The van der Waals surface area contributed by atoms with Crippen LogP contribution in [0.15, 0.2) is 23.8 Å². The van der Waals surface area contributed by atoms with Crippen molar-refractivity contribution in [2.24, 2.45) is 0 Å². The zero-order valence-corrected chi connectivity index (χ0v) is 5.85. The van der Waals surface area contributed by atoms with Crippen LogP contribution >= 0.6 is 0 Å². The first-order valence-electron chi connectivity index (χ1n) is 2.40. The molecule has 1 aliphatic heterocycles. The number of sulfonamides is 1. The first-order chi connectivity index (χ1) is 4.05. The molecule has 0 fully saturated rings. The third-order valence-electron chi connectivity index (χ3n) is 1.18. The van der Waals surface area contributed by atoms with Crippen molar-refractivity contribution < 1.29 is 8.42 Å². The Kier molecular flexibility index (Phi) is 1.13. The maximum absolute atomic E-state index is 10.9. The Hall–Kier alpha value is -0.770. The van der Waals surface area contributed by atoms with Gasteiger partial charge in [0, 0.05) is 13.2 Å². The fraction of sp³-hybridized carbons (Fsp3) is 0.200. The van der Waals surface area contributed by atoms with Crippen molar-refractivity contribution in [3.05, 3.63) is 23.8 Å². The molecule has 50 valence electrons. The Morgan fingerprint density at radius 1 is 1.67 bits per heavy atom. The molecule has 0 atom stereocenters.